The standard InChI is InChI=1S/C20H18N6/c1-14(13-24-26-22)2-4-18-10-17(12-21)19-11-16(3-5-20(19)25-18)15-6-8-23-9-7-15/h3,5-11,14H,2,4,13H2,1H3. The van der Waals surface area contributed by atoms with Crippen molar-refractivity contribution in [2.75, 3.05) is 6.54 Å². The van der Waals surface area contributed by atoms with Crippen LogP contribution in [0.1, 0.15) is 24.6 Å². The summed E-state index contributed by atoms with van der Waals surface area (Å²) >= 11 is 0. The van der Waals surface area contributed by atoms with E-state index in [1.54, 1.807) is 12.4 Å². The Kier molecular flexibility index (Phi) is 5.43. The van der Waals surface area contributed by atoms with Crippen molar-refractivity contribution in [1.82, 2.24) is 9.97 Å². The van der Waals surface area contributed by atoms with Crippen molar-refractivity contribution < 1.29 is 0 Å². The van der Waals surface area contributed by atoms with E-state index in [1.807, 2.05) is 43.3 Å². The van der Waals surface area contributed by atoms with E-state index in [0.29, 0.717) is 12.1 Å². The van der Waals surface area contributed by atoms with Crippen LogP contribution in [0.2, 0.25) is 0 Å². The number of aryl methyl sites for hydroxylation is 1. The van der Waals surface area contributed by atoms with Crippen LogP contribution in [0.5, 0.6) is 0 Å². The molecule has 0 aliphatic heterocycles. The molecule has 3 rings (SSSR count). The fourth-order valence-corrected chi connectivity index (χ4v) is 2.89. The molecule has 26 heavy (non-hydrogen) atoms. The van der Waals surface area contributed by atoms with Crippen LogP contribution in [-0.4, -0.2) is 16.5 Å². The zero-order valence-electron chi connectivity index (χ0n) is 14.5. The van der Waals surface area contributed by atoms with Crippen LogP contribution < -0.4 is 0 Å². The second-order valence-electron chi connectivity index (χ2n) is 6.30. The van der Waals surface area contributed by atoms with Crippen molar-refractivity contribution in [3.8, 4) is 17.2 Å². The fraction of sp³-hybridized carbons (Fsp3) is 0.250. The molecule has 0 bridgehead atoms. The van der Waals surface area contributed by atoms with E-state index in [-0.39, 0.29) is 5.92 Å². The molecule has 0 saturated carbocycles. The van der Waals surface area contributed by atoms with E-state index in [1.165, 1.54) is 0 Å². The molecule has 3 aromatic rings. The summed E-state index contributed by atoms with van der Waals surface area (Å²) in [6, 6.07) is 14.0. The second-order valence-corrected chi connectivity index (χ2v) is 6.30. The molecule has 1 unspecified atom stereocenters. The molecule has 0 fully saturated rings. The number of nitrogens with zero attached hydrogens (tertiary/aromatic N) is 6. The second kappa shape index (κ2) is 8.11. The van der Waals surface area contributed by atoms with Crippen LogP contribution in [0.15, 0.2) is 53.9 Å². The van der Waals surface area contributed by atoms with Gasteiger partial charge in [-0.15, -0.1) is 0 Å². The number of nitriles is 1. The molecule has 0 amide bonds. The molecule has 0 spiro atoms. The maximum absolute atomic E-state index is 9.57. The van der Waals surface area contributed by atoms with Gasteiger partial charge in [0, 0.05) is 34.9 Å². The molecular weight excluding hydrogens is 324 g/mol. The van der Waals surface area contributed by atoms with Crippen molar-refractivity contribution in [1.29, 1.82) is 5.26 Å². The summed E-state index contributed by atoms with van der Waals surface area (Å²) in [7, 11) is 0. The number of pyridine rings is 2. The van der Waals surface area contributed by atoms with Crippen molar-refractivity contribution in [3.63, 3.8) is 0 Å². The molecule has 6 nitrogen and oxygen atoms in total. The lowest BCUT2D eigenvalue weighted by Gasteiger charge is -2.10. The first-order chi connectivity index (χ1) is 12.7. The van der Waals surface area contributed by atoms with Crippen molar-refractivity contribution >= 4 is 10.9 Å². The average Bonchev–Trinajstić information content (AvgIpc) is 2.70. The predicted octanol–water partition coefficient (Wildman–Crippen LogP) is 5.05. The lowest BCUT2D eigenvalue weighted by atomic mass is 9.99. The van der Waals surface area contributed by atoms with Gasteiger partial charge in [0.25, 0.3) is 0 Å². The van der Waals surface area contributed by atoms with E-state index in [0.717, 1.165) is 40.6 Å². The SMILES string of the molecule is CC(CCc1cc(C#N)c2cc(-c3ccncc3)ccc2n1)CN=[N+]=[N-]. The van der Waals surface area contributed by atoms with Crippen molar-refractivity contribution in [2.45, 2.75) is 19.8 Å². The smallest absolute Gasteiger partial charge is 0.0999 e. The van der Waals surface area contributed by atoms with Gasteiger partial charge in [-0.1, -0.05) is 18.1 Å². The minimum absolute atomic E-state index is 0.281. The molecule has 0 aliphatic carbocycles. The van der Waals surface area contributed by atoms with Crippen LogP contribution in [0.25, 0.3) is 32.5 Å². The zero-order chi connectivity index (χ0) is 18.4. The fourth-order valence-electron chi connectivity index (χ4n) is 2.89. The first-order valence-electron chi connectivity index (χ1n) is 8.46. The van der Waals surface area contributed by atoms with Crippen molar-refractivity contribution in [2.24, 2.45) is 11.0 Å². The molecule has 1 aromatic carbocycles. The van der Waals surface area contributed by atoms with E-state index in [9.17, 15) is 5.26 Å². The highest BCUT2D eigenvalue weighted by Gasteiger charge is 2.09. The molecule has 0 saturated heterocycles. The molecule has 0 aliphatic rings. The Morgan fingerprint density at radius 2 is 2.00 bits per heavy atom. The van der Waals surface area contributed by atoms with Crippen LogP contribution in [-0.2, 0) is 6.42 Å². The van der Waals surface area contributed by atoms with Crippen molar-refractivity contribution in [3.05, 3.63) is 70.5 Å². The first kappa shape index (κ1) is 17.4. The van der Waals surface area contributed by atoms with E-state index >= 15 is 0 Å². The third-order valence-electron chi connectivity index (χ3n) is 4.35. The summed E-state index contributed by atoms with van der Waals surface area (Å²) in [5.41, 5.74) is 12.8. The van der Waals surface area contributed by atoms with Gasteiger partial charge < -0.3 is 0 Å². The maximum Gasteiger partial charge on any atom is 0.0999 e. The van der Waals surface area contributed by atoms with Crippen LogP contribution in [0, 0.1) is 17.2 Å². The highest BCUT2D eigenvalue weighted by molar-refractivity contribution is 5.89. The van der Waals surface area contributed by atoms with Crippen LogP contribution in [0.3, 0.4) is 0 Å². The highest BCUT2D eigenvalue weighted by Crippen LogP contribution is 2.26. The third kappa shape index (κ3) is 3.97. The Morgan fingerprint density at radius 1 is 1.19 bits per heavy atom. The van der Waals surface area contributed by atoms with Crippen LogP contribution in [0.4, 0.5) is 0 Å². The quantitative estimate of drug-likeness (QED) is 0.356. The predicted molar refractivity (Wildman–Crippen MR) is 101 cm³/mol. The first-order valence-corrected chi connectivity index (χ1v) is 8.46. The zero-order valence-corrected chi connectivity index (χ0v) is 14.5. The van der Waals surface area contributed by atoms with E-state index < -0.39 is 0 Å². The Bertz CT molecular complexity index is 1000. The summed E-state index contributed by atoms with van der Waals surface area (Å²) < 4.78 is 0. The molecular formula is C20H18N6. The lowest BCUT2D eigenvalue weighted by molar-refractivity contribution is 0.540. The normalized spacial score (nSPS) is 11.5. The van der Waals surface area contributed by atoms with E-state index in [4.69, 9.17) is 10.5 Å². The Labute approximate surface area is 151 Å². The van der Waals surface area contributed by atoms with Gasteiger partial charge in [-0.25, -0.2) is 0 Å². The molecule has 0 radical (unpaired) electrons. The number of fused-ring (bicyclic) bond motifs is 1. The molecule has 128 valence electrons. The summed E-state index contributed by atoms with van der Waals surface area (Å²) in [5, 5.41) is 14.0. The van der Waals surface area contributed by atoms with Gasteiger partial charge in [0.1, 0.15) is 0 Å². The van der Waals surface area contributed by atoms with Gasteiger partial charge in [0.15, 0.2) is 0 Å². The number of azide groups is 1. The number of rotatable bonds is 6. The summed E-state index contributed by atoms with van der Waals surface area (Å²) in [6.45, 7) is 2.52. The lowest BCUT2D eigenvalue weighted by Crippen LogP contribution is -2.02. The third-order valence-corrected chi connectivity index (χ3v) is 4.35. The molecule has 6 heteroatoms. The summed E-state index contributed by atoms with van der Waals surface area (Å²) in [4.78, 5) is 11.5. The number of benzene rings is 1. The average molecular weight is 342 g/mol. The Hall–Kier alpha value is -3.42. The molecule has 2 heterocycles. The topological polar surface area (TPSA) is 98.3 Å². The molecule has 2 aromatic heterocycles. The minimum atomic E-state index is 0.281. The highest BCUT2D eigenvalue weighted by atomic mass is 15.1. The molecule has 1 atom stereocenters. The summed E-state index contributed by atoms with van der Waals surface area (Å²) in [5.74, 6) is 0.281. The van der Waals surface area contributed by atoms with Gasteiger partial charge in [-0.05, 0) is 65.7 Å². The minimum Gasteiger partial charge on any atom is -0.265 e. The van der Waals surface area contributed by atoms with Gasteiger partial charge >= 0.3 is 0 Å². The van der Waals surface area contributed by atoms with Gasteiger partial charge in [-0.3, -0.25) is 9.97 Å². The van der Waals surface area contributed by atoms with Gasteiger partial charge in [0.2, 0.25) is 0 Å². The number of aromatic nitrogens is 2. The van der Waals surface area contributed by atoms with Crippen LogP contribution >= 0.6 is 0 Å². The monoisotopic (exact) mass is 342 g/mol. The molecule has 0 N–H and O–H groups in total. The Balaban J connectivity index is 1.90. The number of hydrogen-bond acceptors (Lipinski definition) is 4. The number of hydrogen-bond donors (Lipinski definition) is 0. The largest absolute Gasteiger partial charge is 0.265 e. The maximum atomic E-state index is 9.57. The van der Waals surface area contributed by atoms with Gasteiger partial charge in [-0.2, -0.15) is 5.26 Å². The van der Waals surface area contributed by atoms with Gasteiger partial charge in [0.05, 0.1) is 17.1 Å². The van der Waals surface area contributed by atoms with E-state index in [2.05, 4.69) is 21.1 Å². The summed E-state index contributed by atoms with van der Waals surface area (Å²) in [6.07, 6.45) is 5.11. The Morgan fingerprint density at radius 3 is 2.73 bits per heavy atom.